The van der Waals surface area contributed by atoms with Crippen LogP contribution in [-0.2, 0) is 4.79 Å². The van der Waals surface area contributed by atoms with Crippen molar-refractivity contribution in [3.63, 3.8) is 0 Å². The Morgan fingerprint density at radius 3 is 2.21 bits per heavy atom. The van der Waals surface area contributed by atoms with Gasteiger partial charge in [0.1, 0.15) is 0 Å². The van der Waals surface area contributed by atoms with Crippen LogP contribution in [0.3, 0.4) is 0 Å². The van der Waals surface area contributed by atoms with Gasteiger partial charge in [0, 0.05) is 5.69 Å². The summed E-state index contributed by atoms with van der Waals surface area (Å²) >= 11 is 10.9. The van der Waals surface area contributed by atoms with Gasteiger partial charge in [-0.25, -0.2) is 0 Å². The van der Waals surface area contributed by atoms with Gasteiger partial charge < -0.3 is 5.32 Å². The van der Waals surface area contributed by atoms with Crippen molar-refractivity contribution in [2.24, 2.45) is 0 Å². The van der Waals surface area contributed by atoms with Crippen molar-refractivity contribution >= 4 is 34.8 Å². The Balaban J connectivity index is 2.91. The van der Waals surface area contributed by atoms with E-state index in [0.717, 1.165) is 16.8 Å². The molecule has 2 nitrogen and oxygen atoms in total. The molecule has 0 aliphatic rings. The Morgan fingerprint density at radius 1 is 1.29 bits per heavy atom. The van der Waals surface area contributed by atoms with Gasteiger partial charge in [0.15, 0.2) is 4.84 Å². The Morgan fingerprint density at radius 2 is 1.79 bits per heavy atom. The first kappa shape index (κ1) is 11.3. The minimum Gasteiger partial charge on any atom is -0.323 e. The zero-order valence-electron chi connectivity index (χ0n) is 7.97. The average Bonchev–Trinajstić information content (AvgIpc) is 2.11. The minimum absolute atomic E-state index is 0.397. The van der Waals surface area contributed by atoms with E-state index in [1.807, 2.05) is 32.0 Å². The molecular weight excluding hydrogens is 221 g/mol. The summed E-state index contributed by atoms with van der Waals surface area (Å²) in [5.41, 5.74) is 2.77. The molecule has 0 unspecified atom stereocenters. The largest absolute Gasteiger partial charge is 0.323 e. The second kappa shape index (κ2) is 4.67. The van der Waals surface area contributed by atoms with Crippen LogP contribution < -0.4 is 5.32 Å². The van der Waals surface area contributed by atoms with E-state index >= 15 is 0 Å². The number of hydrogen-bond donors (Lipinski definition) is 1. The van der Waals surface area contributed by atoms with E-state index in [9.17, 15) is 4.79 Å². The van der Waals surface area contributed by atoms with Crippen LogP contribution in [0.15, 0.2) is 18.2 Å². The molecule has 0 saturated heterocycles. The third-order valence-corrected chi connectivity index (χ3v) is 2.32. The molecule has 1 N–H and O–H groups in total. The predicted molar refractivity (Wildman–Crippen MR) is 60.0 cm³/mol. The molecule has 1 aromatic rings. The van der Waals surface area contributed by atoms with Crippen LogP contribution in [0.1, 0.15) is 11.1 Å². The van der Waals surface area contributed by atoms with Crippen LogP contribution in [0.25, 0.3) is 0 Å². The third kappa shape index (κ3) is 2.63. The van der Waals surface area contributed by atoms with Crippen molar-refractivity contribution in [1.29, 1.82) is 0 Å². The Labute approximate surface area is 93.2 Å². The van der Waals surface area contributed by atoms with Gasteiger partial charge in [0.25, 0.3) is 5.91 Å². The van der Waals surface area contributed by atoms with Crippen molar-refractivity contribution in [2.75, 3.05) is 5.32 Å². The summed E-state index contributed by atoms with van der Waals surface area (Å²) in [6.07, 6.45) is 0. The van der Waals surface area contributed by atoms with Crippen LogP contribution in [0, 0.1) is 13.8 Å². The lowest BCUT2D eigenvalue weighted by atomic mass is 10.1. The highest BCUT2D eigenvalue weighted by atomic mass is 35.5. The Hall–Kier alpha value is -0.730. The molecule has 0 heterocycles. The maximum absolute atomic E-state index is 11.2. The number of aryl methyl sites for hydroxylation is 2. The molecule has 76 valence electrons. The summed E-state index contributed by atoms with van der Waals surface area (Å²) in [7, 11) is 0. The summed E-state index contributed by atoms with van der Waals surface area (Å²) in [5, 5.41) is 2.68. The number of hydrogen-bond acceptors (Lipinski definition) is 1. The number of rotatable bonds is 2. The van der Waals surface area contributed by atoms with Gasteiger partial charge in [-0.05, 0) is 25.0 Å². The van der Waals surface area contributed by atoms with Crippen molar-refractivity contribution in [3.8, 4) is 0 Å². The summed E-state index contributed by atoms with van der Waals surface area (Å²) in [6.45, 7) is 3.83. The van der Waals surface area contributed by atoms with Gasteiger partial charge in [-0.1, -0.05) is 41.4 Å². The zero-order valence-corrected chi connectivity index (χ0v) is 9.49. The summed E-state index contributed by atoms with van der Waals surface area (Å²) < 4.78 is 0. The second-order valence-corrected chi connectivity index (χ2v) is 4.15. The lowest BCUT2D eigenvalue weighted by Crippen LogP contribution is -2.19. The molecule has 1 rings (SSSR count). The fourth-order valence-corrected chi connectivity index (χ4v) is 1.30. The first-order valence-electron chi connectivity index (χ1n) is 4.17. The van der Waals surface area contributed by atoms with Gasteiger partial charge in [-0.15, -0.1) is 0 Å². The molecule has 1 aromatic carbocycles. The van der Waals surface area contributed by atoms with Crippen molar-refractivity contribution in [3.05, 3.63) is 29.3 Å². The summed E-state index contributed by atoms with van der Waals surface area (Å²) in [6, 6.07) is 5.76. The monoisotopic (exact) mass is 231 g/mol. The standard InChI is InChI=1S/C10H11Cl2NO/c1-6-4-3-5-7(2)8(6)13-10(14)9(11)12/h3-5,9H,1-2H3,(H,13,14). The topological polar surface area (TPSA) is 29.1 Å². The van der Waals surface area contributed by atoms with Crippen molar-refractivity contribution in [1.82, 2.24) is 0 Å². The average molecular weight is 232 g/mol. The maximum Gasteiger partial charge on any atom is 0.257 e. The van der Waals surface area contributed by atoms with E-state index in [1.165, 1.54) is 0 Å². The van der Waals surface area contributed by atoms with Crippen LogP contribution in [0.2, 0.25) is 0 Å². The number of benzene rings is 1. The molecule has 4 heteroatoms. The maximum atomic E-state index is 11.2. The number of anilines is 1. The van der Waals surface area contributed by atoms with Gasteiger partial charge in [0.05, 0.1) is 0 Å². The van der Waals surface area contributed by atoms with E-state index in [4.69, 9.17) is 23.2 Å². The van der Waals surface area contributed by atoms with Gasteiger partial charge in [-0.2, -0.15) is 0 Å². The van der Waals surface area contributed by atoms with E-state index in [2.05, 4.69) is 5.32 Å². The lowest BCUT2D eigenvalue weighted by molar-refractivity contribution is -0.114. The molecule has 0 bridgehead atoms. The molecule has 0 aliphatic heterocycles. The number of alkyl halides is 2. The smallest absolute Gasteiger partial charge is 0.257 e. The number of halogens is 2. The van der Waals surface area contributed by atoms with Gasteiger partial charge in [-0.3, -0.25) is 4.79 Å². The molecule has 0 aliphatic carbocycles. The van der Waals surface area contributed by atoms with Crippen LogP contribution in [0.5, 0.6) is 0 Å². The van der Waals surface area contributed by atoms with E-state index in [1.54, 1.807) is 0 Å². The van der Waals surface area contributed by atoms with Crippen LogP contribution in [0.4, 0.5) is 5.69 Å². The molecule has 0 fully saturated rings. The highest BCUT2D eigenvalue weighted by molar-refractivity contribution is 6.54. The molecule has 1 amide bonds. The molecule has 0 atom stereocenters. The van der Waals surface area contributed by atoms with E-state index in [-0.39, 0.29) is 0 Å². The predicted octanol–water partition coefficient (Wildman–Crippen LogP) is 3.05. The van der Waals surface area contributed by atoms with Crippen LogP contribution >= 0.6 is 23.2 Å². The molecule has 0 aromatic heterocycles. The molecule has 14 heavy (non-hydrogen) atoms. The normalized spacial score (nSPS) is 10.4. The molecular formula is C10H11Cl2NO. The summed E-state index contributed by atoms with van der Waals surface area (Å²) in [5.74, 6) is -0.397. The van der Waals surface area contributed by atoms with Gasteiger partial charge >= 0.3 is 0 Å². The molecule has 0 radical (unpaired) electrons. The Bertz CT molecular complexity index is 330. The molecule has 0 saturated carbocycles. The number of carbonyl (C=O) groups is 1. The number of carbonyl (C=O) groups excluding carboxylic acids is 1. The number of para-hydroxylation sites is 1. The SMILES string of the molecule is Cc1cccc(C)c1NC(=O)C(Cl)Cl. The van der Waals surface area contributed by atoms with Gasteiger partial charge in [0.2, 0.25) is 0 Å². The fraction of sp³-hybridized carbons (Fsp3) is 0.300. The highest BCUT2D eigenvalue weighted by Crippen LogP contribution is 2.20. The minimum atomic E-state index is -1.03. The van der Waals surface area contributed by atoms with Crippen LogP contribution in [-0.4, -0.2) is 10.7 Å². The second-order valence-electron chi connectivity index (χ2n) is 3.06. The first-order chi connectivity index (χ1) is 6.52. The lowest BCUT2D eigenvalue weighted by Gasteiger charge is -2.11. The highest BCUT2D eigenvalue weighted by Gasteiger charge is 2.13. The first-order valence-corrected chi connectivity index (χ1v) is 5.05. The number of amides is 1. The van der Waals surface area contributed by atoms with E-state index < -0.39 is 10.7 Å². The van der Waals surface area contributed by atoms with E-state index in [0.29, 0.717) is 0 Å². The van der Waals surface area contributed by atoms with Crippen molar-refractivity contribution < 1.29 is 4.79 Å². The quantitative estimate of drug-likeness (QED) is 0.780. The fourth-order valence-electron chi connectivity index (χ4n) is 1.19. The molecule has 0 spiro atoms. The number of nitrogens with one attached hydrogen (secondary N) is 1. The third-order valence-electron chi connectivity index (χ3n) is 1.93. The Kier molecular flexibility index (Phi) is 3.78. The van der Waals surface area contributed by atoms with Crippen molar-refractivity contribution in [2.45, 2.75) is 18.7 Å². The zero-order chi connectivity index (χ0) is 10.7. The summed E-state index contributed by atoms with van der Waals surface area (Å²) in [4.78, 5) is 10.2.